The lowest BCUT2D eigenvalue weighted by atomic mass is 10.2. The third-order valence-electron chi connectivity index (χ3n) is 2.72. The van der Waals surface area contributed by atoms with Gasteiger partial charge in [-0.05, 0) is 19.8 Å². The molecule has 1 fully saturated rings. The minimum atomic E-state index is 0.478. The van der Waals surface area contributed by atoms with Gasteiger partial charge in [0.1, 0.15) is 10.8 Å². The summed E-state index contributed by atoms with van der Waals surface area (Å²) in [6.45, 7) is 1.89. The highest BCUT2D eigenvalue weighted by molar-refractivity contribution is 6.33. The maximum Gasteiger partial charge on any atom is 0.141 e. The second kappa shape index (κ2) is 3.22. The van der Waals surface area contributed by atoms with E-state index < -0.39 is 0 Å². The van der Waals surface area contributed by atoms with Crippen molar-refractivity contribution in [3.8, 4) is 0 Å². The van der Waals surface area contributed by atoms with Gasteiger partial charge in [0.2, 0.25) is 0 Å². The second-order valence-electron chi connectivity index (χ2n) is 3.67. The van der Waals surface area contributed by atoms with Crippen LogP contribution in [0.15, 0.2) is 0 Å². The first-order valence-corrected chi connectivity index (χ1v) is 5.08. The molecule has 0 amide bonds. The smallest absolute Gasteiger partial charge is 0.141 e. The third kappa shape index (κ3) is 1.41. The Hall–Kier alpha value is -0.700. The van der Waals surface area contributed by atoms with Gasteiger partial charge in [-0.3, -0.25) is 0 Å². The Morgan fingerprint density at radius 2 is 2.08 bits per heavy atom. The van der Waals surface area contributed by atoms with Gasteiger partial charge in [0.25, 0.3) is 0 Å². The van der Waals surface area contributed by atoms with Crippen LogP contribution in [-0.2, 0) is 0 Å². The van der Waals surface area contributed by atoms with Gasteiger partial charge in [-0.15, -0.1) is 0 Å². The van der Waals surface area contributed by atoms with Gasteiger partial charge in [-0.1, -0.05) is 24.4 Å². The predicted octanol–water partition coefficient (Wildman–Crippen LogP) is 2.54. The van der Waals surface area contributed by atoms with Crippen LogP contribution in [0.2, 0.25) is 5.02 Å². The van der Waals surface area contributed by atoms with Crippen molar-refractivity contribution in [2.24, 2.45) is 0 Å². The van der Waals surface area contributed by atoms with Crippen LogP contribution in [0.5, 0.6) is 0 Å². The minimum Gasteiger partial charge on any atom is -0.383 e. The Balaban J connectivity index is 2.34. The Morgan fingerprint density at radius 1 is 1.46 bits per heavy atom. The van der Waals surface area contributed by atoms with Crippen LogP contribution in [0.1, 0.15) is 37.4 Å². The topological polar surface area (TPSA) is 43.8 Å². The zero-order valence-corrected chi connectivity index (χ0v) is 8.51. The quantitative estimate of drug-likeness (QED) is 0.756. The second-order valence-corrected chi connectivity index (χ2v) is 4.05. The van der Waals surface area contributed by atoms with E-state index in [1.54, 1.807) is 0 Å². The van der Waals surface area contributed by atoms with Crippen molar-refractivity contribution in [2.75, 3.05) is 5.73 Å². The SMILES string of the molecule is Cc1nn(C2CCCC2)c(N)c1Cl. The van der Waals surface area contributed by atoms with Crippen molar-refractivity contribution < 1.29 is 0 Å². The highest BCUT2D eigenvalue weighted by Gasteiger charge is 2.21. The standard InChI is InChI=1S/C9H14ClN3/c1-6-8(10)9(11)13(12-6)7-4-2-3-5-7/h7H,2-5,11H2,1H3. The third-order valence-corrected chi connectivity index (χ3v) is 3.18. The number of nitrogens with two attached hydrogens (primary N) is 1. The summed E-state index contributed by atoms with van der Waals surface area (Å²) in [5.41, 5.74) is 6.69. The van der Waals surface area contributed by atoms with Gasteiger partial charge >= 0.3 is 0 Å². The number of halogens is 1. The highest BCUT2D eigenvalue weighted by Crippen LogP contribution is 2.34. The van der Waals surface area contributed by atoms with Crippen LogP contribution in [0.25, 0.3) is 0 Å². The molecule has 1 saturated carbocycles. The molecule has 1 heterocycles. The number of rotatable bonds is 1. The van der Waals surface area contributed by atoms with E-state index in [0.717, 1.165) is 5.69 Å². The van der Waals surface area contributed by atoms with E-state index in [0.29, 0.717) is 16.9 Å². The predicted molar refractivity (Wildman–Crippen MR) is 53.9 cm³/mol. The molecular formula is C9H14ClN3. The number of nitrogen functional groups attached to an aromatic ring is 1. The van der Waals surface area contributed by atoms with Crippen molar-refractivity contribution >= 4 is 17.4 Å². The summed E-state index contributed by atoms with van der Waals surface area (Å²) in [7, 11) is 0. The summed E-state index contributed by atoms with van der Waals surface area (Å²) in [6.07, 6.45) is 4.92. The molecule has 13 heavy (non-hydrogen) atoms. The molecule has 0 aliphatic heterocycles. The van der Waals surface area contributed by atoms with E-state index in [-0.39, 0.29) is 0 Å². The van der Waals surface area contributed by atoms with Crippen LogP contribution < -0.4 is 5.73 Å². The zero-order chi connectivity index (χ0) is 9.42. The van der Waals surface area contributed by atoms with Gasteiger partial charge in [0.15, 0.2) is 0 Å². The van der Waals surface area contributed by atoms with Crippen LogP contribution >= 0.6 is 11.6 Å². The van der Waals surface area contributed by atoms with Crippen molar-refractivity contribution in [3.63, 3.8) is 0 Å². The van der Waals surface area contributed by atoms with Gasteiger partial charge in [-0.2, -0.15) is 5.10 Å². The first kappa shape index (κ1) is 8.88. The van der Waals surface area contributed by atoms with E-state index >= 15 is 0 Å². The van der Waals surface area contributed by atoms with Crippen molar-refractivity contribution in [3.05, 3.63) is 10.7 Å². The average Bonchev–Trinajstić information content (AvgIpc) is 2.70. The average molecular weight is 200 g/mol. The summed E-state index contributed by atoms with van der Waals surface area (Å²) in [5.74, 6) is 0.631. The fourth-order valence-corrected chi connectivity index (χ4v) is 2.10. The molecule has 3 nitrogen and oxygen atoms in total. The highest BCUT2D eigenvalue weighted by atomic mass is 35.5. The molecule has 0 spiro atoms. The first-order chi connectivity index (χ1) is 6.20. The van der Waals surface area contributed by atoms with Gasteiger partial charge in [0, 0.05) is 0 Å². The van der Waals surface area contributed by atoms with E-state index in [1.807, 2.05) is 11.6 Å². The molecule has 1 aliphatic carbocycles. The lowest BCUT2D eigenvalue weighted by molar-refractivity contribution is 0.471. The fourth-order valence-electron chi connectivity index (χ4n) is 1.97. The maximum atomic E-state index is 5.97. The molecule has 1 aromatic heterocycles. The van der Waals surface area contributed by atoms with Crippen LogP contribution in [0.4, 0.5) is 5.82 Å². The molecule has 0 aromatic carbocycles. The molecule has 1 aromatic rings. The van der Waals surface area contributed by atoms with Crippen molar-refractivity contribution in [2.45, 2.75) is 38.6 Å². The number of nitrogens with zero attached hydrogens (tertiary/aromatic N) is 2. The first-order valence-electron chi connectivity index (χ1n) is 4.70. The minimum absolute atomic E-state index is 0.478. The van der Waals surface area contributed by atoms with Crippen LogP contribution in [0, 0.1) is 6.92 Å². The largest absolute Gasteiger partial charge is 0.383 e. The monoisotopic (exact) mass is 199 g/mol. The van der Waals surface area contributed by atoms with Gasteiger partial charge < -0.3 is 5.73 Å². The molecule has 2 N–H and O–H groups in total. The van der Waals surface area contributed by atoms with Crippen LogP contribution in [-0.4, -0.2) is 9.78 Å². The maximum absolute atomic E-state index is 5.97. The number of hydrogen-bond acceptors (Lipinski definition) is 2. The van der Waals surface area contributed by atoms with Crippen LogP contribution in [0.3, 0.4) is 0 Å². The molecule has 4 heteroatoms. The Bertz CT molecular complexity index is 313. The number of aromatic nitrogens is 2. The fraction of sp³-hybridized carbons (Fsp3) is 0.667. The molecule has 0 saturated heterocycles. The summed E-state index contributed by atoms with van der Waals surface area (Å²) in [5, 5.41) is 4.97. The Labute approximate surface area is 82.9 Å². The summed E-state index contributed by atoms with van der Waals surface area (Å²) in [4.78, 5) is 0. The number of hydrogen-bond donors (Lipinski definition) is 1. The zero-order valence-electron chi connectivity index (χ0n) is 7.76. The van der Waals surface area contributed by atoms with E-state index in [9.17, 15) is 0 Å². The number of aryl methyl sites for hydroxylation is 1. The molecule has 0 bridgehead atoms. The normalized spacial score (nSPS) is 18.3. The van der Waals surface area contributed by atoms with E-state index in [1.165, 1.54) is 25.7 Å². The molecule has 0 unspecified atom stereocenters. The summed E-state index contributed by atoms with van der Waals surface area (Å²) >= 11 is 5.97. The van der Waals surface area contributed by atoms with Gasteiger partial charge in [0.05, 0.1) is 11.7 Å². The summed E-state index contributed by atoms with van der Waals surface area (Å²) in [6, 6.07) is 0.478. The van der Waals surface area contributed by atoms with Gasteiger partial charge in [-0.25, -0.2) is 4.68 Å². The Kier molecular flexibility index (Phi) is 2.20. The molecular weight excluding hydrogens is 186 g/mol. The molecule has 0 atom stereocenters. The number of anilines is 1. The molecule has 72 valence electrons. The van der Waals surface area contributed by atoms with E-state index in [4.69, 9.17) is 17.3 Å². The molecule has 2 rings (SSSR count). The van der Waals surface area contributed by atoms with Crippen molar-refractivity contribution in [1.29, 1.82) is 0 Å². The van der Waals surface area contributed by atoms with E-state index in [2.05, 4.69) is 5.10 Å². The van der Waals surface area contributed by atoms with Crippen molar-refractivity contribution in [1.82, 2.24) is 9.78 Å². The summed E-state index contributed by atoms with van der Waals surface area (Å²) < 4.78 is 1.89. The molecule has 1 aliphatic rings. The molecule has 0 radical (unpaired) electrons. The lowest BCUT2D eigenvalue weighted by Crippen LogP contribution is -2.09. The Morgan fingerprint density at radius 3 is 2.54 bits per heavy atom. The lowest BCUT2D eigenvalue weighted by Gasteiger charge is -2.11.